The molecule has 0 aliphatic rings. The molecule has 0 saturated heterocycles. The van der Waals surface area contributed by atoms with Crippen LogP contribution in [0.2, 0.25) is 0 Å². The molecule has 1 amide bonds. The molecular weight excluding hydrogens is 1130 g/mol. The number of allylic oxidation sites excluding steroid dienone is 14. The number of hydrogen-bond acceptors (Lipinski definition) is 6. The van der Waals surface area contributed by atoms with Gasteiger partial charge in [0.15, 0.2) is 0 Å². The SMILES string of the molecule is CC/C=C\C/C=C\C/C=C\C/C=C\C/C=C\C/C=C\C/C=C\CCCCCCCCCCCCCCCCCCCCCC(=O)NC(COP(=O)([O-])OCC[N+](C)(C)C)C(O)CCCCCCCCCCCCCCCCCCCCCCCCCCCCC. The molecule has 0 bridgehead atoms. The van der Waals surface area contributed by atoms with Crippen LogP contribution in [0.1, 0.15) is 373 Å². The van der Waals surface area contributed by atoms with Crippen molar-refractivity contribution in [3.63, 3.8) is 0 Å². The minimum atomic E-state index is -4.58. The van der Waals surface area contributed by atoms with E-state index in [1.54, 1.807) is 0 Å². The summed E-state index contributed by atoms with van der Waals surface area (Å²) >= 11 is 0. The number of hydrogen-bond donors (Lipinski definition) is 2. The fraction of sp³-hybridized carbons (Fsp3) is 0.815. The fourth-order valence-electron chi connectivity index (χ4n) is 11.7. The highest BCUT2D eigenvalue weighted by molar-refractivity contribution is 7.45. The van der Waals surface area contributed by atoms with Crippen molar-refractivity contribution in [1.29, 1.82) is 0 Å². The van der Waals surface area contributed by atoms with E-state index in [-0.39, 0.29) is 19.1 Å². The smallest absolute Gasteiger partial charge is 0.268 e. The minimum Gasteiger partial charge on any atom is -0.756 e. The van der Waals surface area contributed by atoms with Crippen LogP contribution < -0.4 is 10.2 Å². The maximum Gasteiger partial charge on any atom is 0.268 e. The van der Waals surface area contributed by atoms with Crippen LogP contribution in [0.5, 0.6) is 0 Å². The number of phosphoric acid groups is 1. The Bertz CT molecular complexity index is 1750. The summed E-state index contributed by atoms with van der Waals surface area (Å²) in [6.07, 6.45) is 101. The minimum absolute atomic E-state index is 0.0123. The molecule has 90 heavy (non-hydrogen) atoms. The van der Waals surface area contributed by atoms with Crippen LogP contribution in [0.15, 0.2) is 85.1 Å². The number of aliphatic hydroxyl groups excluding tert-OH is 1. The molecule has 0 heterocycles. The van der Waals surface area contributed by atoms with Gasteiger partial charge in [-0.3, -0.25) is 9.36 Å². The van der Waals surface area contributed by atoms with Gasteiger partial charge in [0.25, 0.3) is 7.82 Å². The molecule has 0 aromatic rings. The molecular formula is C81H151N2O6P. The first-order chi connectivity index (χ1) is 44.0. The van der Waals surface area contributed by atoms with Gasteiger partial charge in [0.05, 0.1) is 39.9 Å². The highest BCUT2D eigenvalue weighted by atomic mass is 31.2. The number of phosphoric ester groups is 1. The highest BCUT2D eigenvalue weighted by Crippen LogP contribution is 2.38. The maximum atomic E-state index is 13.1. The summed E-state index contributed by atoms with van der Waals surface area (Å²) < 4.78 is 23.6. The van der Waals surface area contributed by atoms with Crippen molar-refractivity contribution in [1.82, 2.24) is 5.32 Å². The number of likely N-dealkylation sites (N-methyl/N-ethyl adjacent to an activating group) is 1. The topological polar surface area (TPSA) is 108 Å². The molecule has 0 aromatic heterocycles. The Labute approximate surface area is 560 Å². The lowest BCUT2D eigenvalue weighted by molar-refractivity contribution is -0.870. The average molecular weight is 1280 g/mol. The van der Waals surface area contributed by atoms with Crippen LogP contribution in [-0.4, -0.2) is 68.5 Å². The quantitative estimate of drug-likeness (QED) is 0.0272. The van der Waals surface area contributed by atoms with Crippen LogP contribution in [0.3, 0.4) is 0 Å². The number of rotatable bonds is 72. The van der Waals surface area contributed by atoms with Crippen LogP contribution >= 0.6 is 7.82 Å². The van der Waals surface area contributed by atoms with Crippen molar-refractivity contribution >= 4 is 13.7 Å². The van der Waals surface area contributed by atoms with E-state index in [1.165, 1.54) is 263 Å². The highest BCUT2D eigenvalue weighted by Gasteiger charge is 2.24. The van der Waals surface area contributed by atoms with E-state index in [9.17, 15) is 19.4 Å². The van der Waals surface area contributed by atoms with Crippen molar-refractivity contribution < 1.29 is 32.9 Å². The maximum absolute atomic E-state index is 13.1. The molecule has 0 aliphatic carbocycles. The predicted molar refractivity (Wildman–Crippen MR) is 394 cm³/mol. The van der Waals surface area contributed by atoms with E-state index in [4.69, 9.17) is 9.05 Å². The first-order valence-corrected chi connectivity index (χ1v) is 40.4. The number of nitrogens with one attached hydrogen (secondary N) is 1. The Morgan fingerprint density at radius 2 is 0.678 bits per heavy atom. The van der Waals surface area contributed by atoms with Crippen molar-refractivity contribution in [3.05, 3.63) is 85.1 Å². The molecule has 8 nitrogen and oxygen atoms in total. The zero-order chi connectivity index (χ0) is 65.5. The average Bonchev–Trinajstić information content (AvgIpc) is 3.09. The Balaban J connectivity index is 3.95. The standard InChI is InChI=1S/C81H151N2O6P/c1-6-8-10-12-14-16-18-20-22-24-26-28-30-32-34-35-36-37-38-39-40-41-42-43-44-45-46-47-49-51-53-55-57-59-61-63-65-67-69-71-73-75-81(85)82-79(78-89-90(86,87)88-77-76-83(3,4)5)80(84)74-72-70-68-66-64-62-60-58-56-54-52-50-48-33-31-29-27-25-23-21-19-17-15-13-11-9-7-2/h8,10,14,16,20,22,26,28,32,34,36-37,39-40,79-80,84H,6-7,9,11-13,15,17-19,21,23-25,27,29-31,33,35,38,41-78H2,1-5H3,(H-,82,85,86,87)/b10-8-,16-14-,22-20-,28-26-,34-32-,37-36-,40-39-. The summed E-state index contributed by atoms with van der Waals surface area (Å²) in [6, 6.07) is -0.804. The molecule has 0 radical (unpaired) electrons. The lowest BCUT2D eigenvalue weighted by atomic mass is 10.0. The summed E-state index contributed by atoms with van der Waals surface area (Å²) in [4.78, 5) is 25.7. The van der Waals surface area contributed by atoms with Gasteiger partial charge in [-0.05, 0) is 70.6 Å². The second kappa shape index (κ2) is 71.0. The summed E-state index contributed by atoms with van der Waals surface area (Å²) in [5, 5.41) is 14.1. The fourth-order valence-corrected chi connectivity index (χ4v) is 12.4. The van der Waals surface area contributed by atoms with E-state index in [0.717, 1.165) is 83.5 Å². The van der Waals surface area contributed by atoms with Crippen molar-refractivity contribution in [3.8, 4) is 0 Å². The molecule has 0 aromatic carbocycles. The Morgan fingerprint density at radius 1 is 0.400 bits per heavy atom. The largest absolute Gasteiger partial charge is 0.756 e. The van der Waals surface area contributed by atoms with Crippen LogP contribution in [0.25, 0.3) is 0 Å². The van der Waals surface area contributed by atoms with Crippen molar-refractivity contribution in [2.45, 2.75) is 386 Å². The van der Waals surface area contributed by atoms with E-state index in [2.05, 4.69) is 104 Å². The molecule has 0 spiro atoms. The van der Waals surface area contributed by atoms with Crippen molar-refractivity contribution in [2.75, 3.05) is 40.9 Å². The number of aliphatic hydroxyl groups is 1. The number of quaternary nitrogens is 1. The van der Waals surface area contributed by atoms with Gasteiger partial charge in [-0.1, -0.05) is 381 Å². The lowest BCUT2D eigenvalue weighted by Crippen LogP contribution is -2.46. The molecule has 3 unspecified atom stereocenters. The van der Waals surface area contributed by atoms with E-state index >= 15 is 0 Å². The van der Waals surface area contributed by atoms with Gasteiger partial charge in [0.1, 0.15) is 13.2 Å². The van der Waals surface area contributed by atoms with Crippen LogP contribution in [0.4, 0.5) is 0 Å². The van der Waals surface area contributed by atoms with Gasteiger partial charge < -0.3 is 28.8 Å². The molecule has 0 fully saturated rings. The zero-order valence-electron chi connectivity index (χ0n) is 60.3. The van der Waals surface area contributed by atoms with Crippen LogP contribution in [0, 0.1) is 0 Å². The van der Waals surface area contributed by atoms with Crippen molar-refractivity contribution in [2.24, 2.45) is 0 Å². The molecule has 9 heteroatoms. The van der Waals surface area contributed by atoms with Gasteiger partial charge in [-0.2, -0.15) is 0 Å². The third-order valence-corrected chi connectivity index (χ3v) is 18.6. The molecule has 2 N–H and O–H groups in total. The predicted octanol–water partition coefficient (Wildman–Crippen LogP) is 24.8. The monoisotopic (exact) mass is 1280 g/mol. The molecule has 0 rings (SSSR count). The number of carbonyl (C=O) groups is 1. The number of amides is 1. The normalized spacial score (nSPS) is 14.0. The van der Waals surface area contributed by atoms with Gasteiger partial charge >= 0.3 is 0 Å². The summed E-state index contributed by atoms with van der Waals surface area (Å²) in [5.74, 6) is -0.159. The van der Waals surface area contributed by atoms with Gasteiger partial charge in [0.2, 0.25) is 5.91 Å². The second-order valence-corrected chi connectivity index (χ2v) is 29.1. The van der Waals surface area contributed by atoms with Gasteiger partial charge in [-0.25, -0.2) is 0 Å². The number of unbranched alkanes of at least 4 members (excludes halogenated alkanes) is 45. The third kappa shape index (κ3) is 73.1. The van der Waals surface area contributed by atoms with Crippen LogP contribution in [-0.2, 0) is 18.4 Å². The zero-order valence-corrected chi connectivity index (χ0v) is 61.2. The Hall–Kier alpha value is -2.32. The first-order valence-electron chi connectivity index (χ1n) is 38.9. The second-order valence-electron chi connectivity index (χ2n) is 27.7. The van der Waals surface area contributed by atoms with E-state index in [0.29, 0.717) is 23.9 Å². The summed E-state index contributed by atoms with van der Waals surface area (Å²) in [5.41, 5.74) is 0. The lowest BCUT2D eigenvalue weighted by Gasteiger charge is -2.30. The third-order valence-electron chi connectivity index (χ3n) is 17.6. The Kier molecular flexibility index (Phi) is 69.2. The molecule has 3 atom stereocenters. The number of carbonyl (C=O) groups excluding carboxylic acids is 1. The van der Waals surface area contributed by atoms with E-state index in [1.807, 2.05) is 21.1 Å². The summed E-state index contributed by atoms with van der Waals surface area (Å²) in [6.45, 7) is 4.66. The molecule has 0 aliphatic heterocycles. The Morgan fingerprint density at radius 3 is 0.989 bits per heavy atom. The molecule has 526 valence electrons. The van der Waals surface area contributed by atoms with Gasteiger partial charge in [0, 0.05) is 6.42 Å². The molecule has 0 saturated carbocycles. The van der Waals surface area contributed by atoms with E-state index < -0.39 is 20.0 Å². The first kappa shape index (κ1) is 87.7. The summed E-state index contributed by atoms with van der Waals surface area (Å²) in [7, 11) is 1.32. The number of nitrogens with zero attached hydrogens (tertiary/aromatic N) is 1. The van der Waals surface area contributed by atoms with Gasteiger partial charge in [-0.15, -0.1) is 0 Å².